The predicted molar refractivity (Wildman–Crippen MR) is 98.4 cm³/mol. The van der Waals surface area contributed by atoms with Gasteiger partial charge in [-0.1, -0.05) is 6.42 Å². The third-order valence-electron chi connectivity index (χ3n) is 5.52. The van der Waals surface area contributed by atoms with Gasteiger partial charge in [-0.3, -0.25) is 14.6 Å². The number of nitrogens with one attached hydrogen (secondary N) is 1. The van der Waals surface area contributed by atoms with Gasteiger partial charge in [0.25, 0.3) is 0 Å². The third-order valence-corrected chi connectivity index (χ3v) is 5.52. The van der Waals surface area contributed by atoms with Crippen molar-refractivity contribution in [2.75, 3.05) is 39.8 Å². The third kappa shape index (κ3) is 4.09. The highest BCUT2D eigenvalue weighted by atomic mass is 15.3. The normalized spacial score (nSPS) is 26.1. The minimum Gasteiger partial charge on any atom is -0.355 e. The van der Waals surface area contributed by atoms with Crippen LogP contribution in [0, 0.1) is 0 Å². The summed E-state index contributed by atoms with van der Waals surface area (Å²) < 4.78 is 1.89. The molecule has 134 valence electrons. The number of aryl methyl sites for hydroxylation is 1. The molecular weight excluding hydrogens is 300 g/mol. The standard InChI is InChI=1S/C18H32N6/c1-15-6-4-5-9-23(15)11-8-20-18(19-2)24-10-7-16(14-24)17-12-21-22(3)13-17/h12-13,15-16H,4-11,14H2,1-3H3,(H,19,20). The van der Waals surface area contributed by atoms with Gasteiger partial charge < -0.3 is 10.2 Å². The van der Waals surface area contributed by atoms with E-state index in [0.717, 1.165) is 38.2 Å². The molecule has 2 aliphatic rings. The topological polar surface area (TPSA) is 48.7 Å². The monoisotopic (exact) mass is 332 g/mol. The summed E-state index contributed by atoms with van der Waals surface area (Å²) >= 11 is 0. The van der Waals surface area contributed by atoms with Crippen LogP contribution in [0.1, 0.15) is 44.1 Å². The summed E-state index contributed by atoms with van der Waals surface area (Å²) in [5.41, 5.74) is 1.34. The Balaban J connectivity index is 1.46. The van der Waals surface area contributed by atoms with Crippen LogP contribution in [0.3, 0.4) is 0 Å². The van der Waals surface area contributed by atoms with Crippen molar-refractivity contribution in [3.63, 3.8) is 0 Å². The largest absolute Gasteiger partial charge is 0.355 e. The second kappa shape index (κ2) is 8.01. The minimum absolute atomic E-state index is 0.569. The smallest absolute Gasteiger partial charge is 0.193 e. The van der Waals surface area contributed by atoms with Crippen molar-refractivity contribution in [1.82, 2.24) is 24.9 Å². The molecule has 3 heterocycles. The highest BCUT2D eigenvalue weighted by Gasteiger charge is 2.27. The Morgan fingerprint density at radius 2 is 2.21 bits per heavy atom. The van der Waals surface area contributed by atoms with E-state index in [9.17, 15) is 0 Å². The van der Waals surface area contributed by atoms with Crippen LogP contribution in [0.25, 0.3) is 0 Å². The van der Waals surface area contributed by atoms with Crippen LogP contribution in [0.2, 0.25) is 0 Å². The molecule has 0 spiro atoms. The molecule has 1 aromatic heterocycles. The van der Waals surface area contributed by atoms with E-state index in [1.807, 2.05) is 25.0 Å². The maximum Gasteiger partial charge on any atom is 0.193 e. The first-order chi connectivity index (χ1) is 11.7. The maximum atomic E-state index is 4.50. The Morgan fingerprint density at radius 1 is 1.33 bits per heavy atom. The number of piperidine rings is 1. The molecule has 0 bridgehead atoms. The average molecular weight is 332 g/mol. The fraction of sp³-hybridized carbons (Fsp3) is 0.778. The van der Waals surface area contributed by atoms with Crippen LogP contribution >= 0.6 is 0 Å². The molecule has 0 saturated carbocycles. The lowest BCUT2D eigenvalue weighted by Crippen LogP contribution is -2.46. The van der Waals surface area contributed by atoms with Gasteiger partial charge in [-0.25, -0.2) is 0 Å². The molecular formula is C18H32N6. The fourth-order valence-corrected chi connectivity index (χ4v) is 4.01. The minimum atomic E-state index is 0.569. The molecule has 2 aliphatic heterocycles. The van der Waals surface area contributed by atoms with E-state index in [0.29, 0.717) is 5.92 Å². The fourth-order valence-electron chi connectivity index (χ4n) is 4.01. The molecule has 6 nitrogen and oxygen atoms in total. The highest BCUT2D eigenvalue weighted by molar-refractivity contribution is 5.80. The quantitative estimate of drug-likeness (QED) is 0.673. The van der Waals surface area contributed by atoms with Gasteiger partial charge in [-0.15, -0.1) is 0 Å². The Bertz CT molecular complexity index is 551. The number of guanidine groups is 1. The molecule has 0 amide bonds. The van der Waals surface area contributed by atoms with Crippen molar-refractivity contribution < 1.29 is 0 Å². The Labute approximate surface area is 145 Å². The molecule has 24 heavy (non-hydrogen) atoms. The molecule has 2 fully saturated rings. The lowest BCUT2D eigenvalue weighted by Gasteiger charge is -2.33. The van der Waals surface area contributed by atoms with Gasteiger partial charge in [-0.05, 0) is 38.3 Å². The molecule has 3 rings (SSSR count). The molecule has 0 radical (unpaired) electrons. The van der Waals surface area contributed by atoms with Crippen molar-refractivity contribution in [2.45, 2.75) is 44.6 Å². The highest BCUT2D eigenvalue weighted by Crippen LogP contribution is 2.26. The van der Waals surface area contributed by atoms with Gasteiger partial charge in [0.05, 0.1) is 6.20 Å². The van der Waals surface area contributed by atoms with E-state index >= 15 is 0 Å². The molecule has 1 N–H and O–H groups in total. The molecule has 2 atom stereocenters. The maximum absolute atomic E-state index is 4.50. The predicted octanol–water partition coefficient (Wildman–Crippen LogP) is 1.66. The van der Waals surface area contributed by atoms with E-state index in [1.165, 1.54) is 37.8 Å². The van der Waals surface area contributed by atoms with Gasteiger partial charge in [0, 0.05) is 58.4 Å². The van der Waals surface area contributed by atoms with Crippen molar-refractivity contribution in [1.29, 1.82) is 0 Å². The van der Waals surface area contributed by atoms with E-state index in [2.05, 4.69) is 38.3 Å². The van der Waals surface area contributed by atoms with Gasteiger partial charge >= 0.3 is 0 Å². The van der Waals surface area contributed by atoms with Gasteiger partial charge in [0.15, 0.2) is 5.96 Å². The Kier molecular flexibility index (Phi) is 5.76. The first kappa shape index (κ1) is 17.3. The zero-order valence-electron chi connectivity index (χ0n) is 15.4. The number of nitrogens with zero attached hydrogens (tertiary/aromatic N) is 5. The van der Waals surface area contributed by atoms with Crippen LogP contribution in [0.15, 0.2) is 17.4 Å². The molecule has 6 heteroatoms. The lowest BCUT2D eigenvalue weighted by atomic mass is 10.0. The summed E-state index contributed by atoms with van der Waals surface area (Å²) in [6.45, 7) is 7.79. The zero-order chi connectivity index (χ0) is 16.9. The average Bonchev–Trinajstić information content (AvgIpc) is 3.22. The lowest BCUT2D eigenvalue weighted by molar-refractivity contribution is 0.163. The second-order valence-corrected chi connectivity index (χ2v) is 7.23. The van der Waals surface area contributed by atoms with E-state index in [1.54, 1.807) is 0 Å². The summed E-state index contributed by atoms with van der Waals surface area (Å²) in [4.78, 5) is 9.49. The first-order valence-corrected chi connectivity index (χ1v) is 9.35. The van der Waals surface area contributed by atoms with Crippen molar-refractivity contribution in [3.05, 3.63) is 18.0 Å². The summed E-state index contributed by atoms with van der Waals surface area (Å²) in [7, 11) is 3.88. The van der Waals surface area contributed by atoms with Crippen LogP contribution in [0.5, 0.6) is 0 Å². The molecule has 0 aliphatic carbocycles. The summed E-state index contributed by atoms with van der Waals surface area (Å²) in [6.07, 6.45) is 9.39. The number of hydrogen-bond donors (Lipinski definition) is 1. The van der Waals surface area contributed by atoms with Crippen molar-refractivity contribution >= 4 is 5.96 Å². The molecule has 1 aromatic rings. The molecule has 0 aromatic carbocycles. The second-order valence-electron chi connectivity index (χ2n) is 7.23. The number of likely N-dealkylation sites (tertiary alicyclic amines) is 2. The van der Waals surface area contributed by atoms with E-state index < -0.39 is 0 Å². The number of rotatable bonds is 4. The van der Waals surface area contributed by atoms with Crippen LogP contribution in [-0.4, -0.2) is 71.4 Å². The Hall–Kier alpha value is -1.56. The Morgan fingerprint density at radius 3 is 2.92 bits per heavy atom. The summed E-state index contributed by atoms with van der Waals surface area (Å²) in [6, 6.07) is 0.726. The zero-order valence-corrected chi connectivity index (χ0v) is 15.4. The number of aromatic nitrogens is 2. The number of hydrogen-bond acceptors (Lipinski definition) is 3. The van der Waals surface area contributed by atoms with Crippen LogP contribution in [0.4, 0.5) is 0 Å². The van der Waals surface area contributed by atoms with Crippen LogP contribution < -0.4 is 5.32 Å². The van der Waals surface area contributed by atoms with Gasteiger partial charge in [-0.2, -0.15) is 5.10 Å². The van der Waals surface area contributed by atoms with Gasteiger partial charge in [0.2, 0.25) is 0 Å². The van der Waals surface area contributed by atoms with E-state index in [-0.39, 0.29) is 0 Å². The van der Waals surface area contributed by atoms with Crippen molar-refractivity contribution in [2.24, 2.45) is 12.0 Å². The molecule has 2 unspecified atom stereocenters. The van der Waals surface area contributed by atoms with Gasteiger partial charge in [0.1, 0.15) is 0 Å². The summed E-state index contributed by atoms with van der Waals surface area (Å²) in [5, 5.41) is 7.88. The number of aliphatic imine (C=N–C) groups is 1. The SMILES string of the molecule is CN=C(NCCN1CCCCC1C)N1CCC(c2cnn(C)c2)C1. The van der Waals surface area contributed by atoms with E-state index in [4.69, 9.17) is 0 Å². The summed E-state index contributed by atoms with van der Waals surface area (Å²) in [5.74, 6) is 1.62. The van der Waals surface area contributed by atoms with Crippen LogP contribution in [-0.2, 0) is 7.05 Å². The van der Waals surface area contributed by atoms with Crippen molar-refractivity contribution in [3.8, 4) is 0 Å². The molecule has 2 saturated heterocycles. The first-order valence-electron chi connectivity index (χ1n) is 9.35.